The number of hydroxylamine groups is 4. The van der Waals surface area contributed by atoms with Crippen molar-refractivity contribution in [3.05, 3.63) is 16.8 Å². The van der Waals surface area contributed by atoms with E-state index in [0.717, 1.165) is 11.3 Å². The number of hydrogen-bond donors (Lipinski definition) is 1. The SMILES string of the molecule is CON1C(C)(C)/C(=C\N=O)N(O)C1(C)C. The average Bonchev–Trinajstić information content (AvgIpc) is 2.23. The quantitative estimate of drug-likeness (QED) is 0.710. The molecule has 6 heteroatoms. The van der Waals surface area contributed by atoms with Crippen LogP contribution >= 0.6 is 0 Å². The van der Waals surface area contributed by atoms with Gasteiger partial charge < -0.3 is 0 Å². The Morgan fingerprint density at radius 2 is 1.93 bits per heavy atom. The first-order valence-corrected chi connectivity index (χ1v) is 4.66. The van der Waals surface area contributed by atoms with Crippen molar-refractivity contribution < 1.29 is 10.0 Å². The van der Waals surface area contributed by atoms with Crippen LogP contribution in [0.1, 0.15) is 27.7 Å². The highest BCUT2D eigenvalue weighted by atomic mass is 16.7. The van der Waals surface area contributed by atoms with Crippen LogP contribution in [0.25, 0.3) is 0 Å². The first-order valence-electron chi connectivity index (χ1n) is 4.66. The summed E-state index contributed by atoms with van der Waals surface area (Å²) in [4.78, 5) is 15.5. The molecule has 0 atom stereocenters. The van der Waals surface area contributed by atoms with Gasteiger partial charge in [0.25, 0.3) is 0 Å². The number of hydrogen-bond acceptors (Lipinski definition) is 6. The molecule has 1 rings (SSSR count). The lowest BCUT2D eigenvalue weighted by Gasteiger charge is -2.36. The Kier molecular flexibility index (Phi) is 2.86. The smallest absolute Gasteiger partial charge is 0.137 e. The molecule has 1 aliphatic rings. The van der Waals surface area contributed by atoms with E-state index in [1.165, 1.54) is 7.11 Å². The van der Waals surface area contributed by atoms with Crippen molar-refractivity contribution in [2.24, 2.45) is 5.18 Å². The fourth-order valence-corrected chi connectivity index (χ4v) is 2.14. The van der Waals surface area contributed by atoms with Gasteiger partial charge in [-0.1, -0.05) is 0 Å². The van der Waals surface area contributed by atoms with E-state index in [0.29, 0.717) is 5.70 Å². The largest absolute Gasteiger partial charge is 0.299 e. The first kappa shape index (κ1) is 12.1. The molecule has 0 aromatic heterocycles. The van der Waals surface area contributed by atoms with Gasteiger partial charge in [0.15, 0.2) is 0 Å². The lowest BCUT2D eigenvalue weighted by atomic mass is 10.0. The minimum Gasteiger partial charge on any atom is -0.299 e. The summed E-state index contributed by atoms with van der Waals surface area (Å²) in [7, 11) is 1.52. The van der Waals surface area contributed by atoms with Crippen molar-refractivity contribution >= 4 is 0 Å². The van der Waals surface area contributed by atoms with Crippen LogP contribution in [-0.4, -0.2) is 33.6 Å². The van der Waals surface area contributed by atoms with E-state index in [4.69, 9.17) is 4.84 Å². The van der Waals surface area contributed by atoms with E-state index in [9.17, 15) is 10.1 Å². The highest BCUT2D eigenvalue weighted by Crippen LogP contribution is 2.43. The van der Waals surface area contributed by atoms with Gasteiger partial charge in [-0.05, 0) is 32.9 Å². The van der Waals surface area contributed by atoms with Gasteiger partial charge in [0.05, 0.1) is 24.5 Å². The molecule has 6 nitrogen and oxygen atoms in total. The molecule has 0 aromatic carbocycles. The minimum absolute atomic E-state index is 0.407. The summed E-state index contributed by atoms with van der Waals surface area (Å²) >= 11 is 0. The maximum absolute atomic E-state index is 10.3. The highest BCUT2D eigenvalue weighted by molar-refractivity contribution is 5.22. The normalized spacial score (nSPS) is 27.3. The molecular formula is C9H17N3O3. The van der Waals surface area contributed by atoms with Crippen molar-refractivity contribution in [3.63, 3.8) is 0 Å². The lowest BCUT2D eigenvalue weighted by Crippen LogP contribution is -2.50. The van der Waals surface area contributed by atoms with Gasteiger partial charge in [-0.15, -0.1) is 4.91 Å². The third-order valence-corrected chi connectivity index (χ3v) is 2.74. The summed E-state index contributed by atoms with van der Waals surface area (Å²) in [5, 5.41) is 15.2. The van der Waals surface area contributed by atoms with Gasteiger partial charge >= 0.3 is 0 Å². The van der Waals surface area contributed by atoms with E-state index >= 15 is 0 Å². The molecule has 1 heterocycles. The van der Waals surface area contributed by atoms with Gasteiger partial charge in [0.2, 0.25) is 0 Å². The van der Waals surface area contributed by atoms with Crippen LogP contribution in [0.2, 0.25) is 0 Å². The van der Waals surface area contributed by atoms with Crippen molar-refractivity contribution in [2.45, 2.75) is 38.9 Å². The molecule has 0 aliphatic carbocycles. The third-order valence-electron chi connectivity index (χ3n) is 2.74. The minimum atomic E-state index is -0.741. The monoisotopic (exact) mass is 215 g/mol. The molecule has 0 amide bonds. The van der Waals surface area contributed by atoms with Crippen molar-refractivity contribution in [2.75, 3.05) is 7.11 Å². The zero-order valence-electron chi connectivity index (χ0n) is 9.68. The van der Waals surface area contributed by atoms with Crippen LogP contribution in [0.4, 0.5) is 0 Å². The second-order valence-corrected chi connectivity index (χ2v) is 4.46. The fourth-order valence-electron chi connectivity index (χ4n) is 2.14. The highest BCUT2D eigenvalue weighted by Gasteiger charge is 2.54. The van der Waals surface area contributed by atoms with Crippen LogP contribution in [-0.2, 0) is 4.84 Å². The van der Waals surface area contributed by atoms with Gasteiger partial charge in [-0.3, -0.25) is 10.0 Å². The van der Waals surface area contributed by atoms with Crippen LogP contribution in [0.5, 0.6) is 0 Å². The molecule has 0 spiro atoms. The van der Waals surface area contributed by atoms with Gasteiger partial charge in [0, 0.05) is 0 Å². The van der Waals surface area contributed by atoms with E-state index in [-0.39, 0.29) is 0 Å². The van der Waals surface area contributed by atoms with E-state index < -0.39 is 11.2 Å². The van der Waals surface area contributed by atoms with Crippen LogP contribution in [0.3, 0.4) is 0 Å². The predicted molar refractivity (Wildman–Crippen MR) is 54.5 cm³/mol. The number of nitroso groups, excluding NO2 is 1. The topological polar surface area (TPSA) is 65.4 Å². The fraction of sp³-hybridized carbons (Fsp3) is 0.778. The summed E-state index contributed by atoms with van der Waals surface area (Å²) in [6.07, 6.45) is 1.10. The summed E-state index contributed by atoms with van der Waals surface area (Å²) < 4.78 is 0. The standard InChI is InChI=1S/C9H17N3O3/c1-8(2)7(6-10-13)11(14)9(3,4)12(8)15-5/h6,14H,1-5H3/b7-6+. The van der Waals surface area contributed by atoms with Gasteiger partial charge in [-0.25, -0.2) is 5.06 Å². The Morgan fingerprint density at radius 1 is 1.40 bits per heavy atom. The van der Waals surface area contributed by atoms with Crippen LogP contribution in [0, 0.1) is 4.91 Å². The van der Waals surface area contributed by atoms with Crippen LogP contribution < -0.4 is 0 Å². The van der Waals surface area contributed by atoms with Gasteiger partial charge in [0.1, 0.15) is 5.66 Å². The summed E-state index contributed by atoms with van der Waals surface area (Å²) in [6.45, 7) is 7.24. The molecule has 0 aromatic rings. The summed E-state index contributed by atoms with van der Waals surface area (Å²) in [6, 6.07) is 0. The number of rotatable bonds is 2. The molecule has 0 saturated carbocycles. The van der Waals surface area contributed by atoms with Gasteiger partial charge in [-0.2, -0.15) is 5.06 Å². The van der Waals surface area contributed by atoms with Crippen molar-refractivity contribution in [1.29, 1.82) is 0 Å². The molecule has 1 saturated heterocycles. The third kappa shape index (κ3) is 1.54. The molecular weight excluding hydrogens is 198 g/mol. The lowest BCUT2D eigenvalue weighted by molar-refractivity contribution is -0.272. The molecule has 1 fully saturated rings. The zero-order chi connectivity index (χ0) is 11.9. The Bertz CT molecular complexity index is 299. The van der Waals surface area contributed by atoms with E-state index in [1.807, 2.05) is 13.8 Å². The van der Waals surface area contributed by atoms with Crippen LogP contribution in [0.15, 0.2) is 17.1 Å². The second kappa shape index (κ2) is 3.55. The molecule has 1 N–H and O–H groups in total. The average molecular weight is 215 g/mol. The maximum Gasteiger partial charge on any atom is 0.137 e. The molecule has 86 valence electrons. The molecule has 1 aliphatic heterocycles. The number of nitrogens with zero attached hydrogens (tertiary/aromatic N) is 3. The van der Waals surface area contributed by atoms with Crippen molar-refractivity contribution in [3.8, 4) is 0 Å². The molecule has 0 unspecified atom stereocenters. The molecule has 15 heavy (non-hydrogen) atoms. The van der Waals surface area contributed by atoms with Crippen molar-refractivity contribution in [1.82, 2.24) is 10.1 Å². The Labute approximate surface area is 89.0 Å². The zero-order valence-corrected chi connectivity index (χ0v) is 9.68. The Balaban J connectivity index is 3.26. The summed E-state index contributed by atoms with van der Waals surface area (Å²) in [5.74, 6) is 0. The predicted octanol–water partition coefficient (Wildman–Crippen LogP) is 1.68. The Morgan fingerprint density at radius 3 is 2.27 bits per heavy atom. The summed E-state index contributed by atoms with van der Waals surface area (Å²) in [5.41, 5.74) is -0.945. The second-order valence-electron chi connectivity index (χ2n) is 4.46. The van der Waals surface area contributed by atoms with E-state index in [2.05, 4.69) is 5.18 Å². The maximum atomic E-state index is 10.3. The molecule has 0 radical (unpaired) electrons. The first-order chi connectivity index (χ1) is 6.80. The Hall–Kier alpha value is -0.980. The van der Waals surface area contributed by atoms with E-state index in [1.54, 1.807) is 18.9 Å². The molecule has 0 bridgehead atoms.